The van der Waals surface area contributed by atoms with Crippen LogP contribution < -0.4 is 0 Å². The summed E-state index contributed by atoms with van der Waals surface area (Å²) in [7, 11) is 0. The Morgan fingerprint density at radius 1 is 1.53 bits per heavy atom. The number of H-pyrrole nitrogens is 1. The zero-order valence-corrected chi connectivity index (χ0v) is 9.04. The number of aromatic amines is 1. The standard InChI is InChI=1S/C11H10F2N2O2/c1-2-17-11(16)6-3-4-7-8(5-6)14-15-9(7)10(12)13/h3-5,10H,2H2,1H3,(H,14,15). The fourth-order valence-corrected chi connectivity index (χ4v) is 1.54. The van der Waals surface area contributed by atoms with Gasteiger partial charge in [-0.2, -0.15) is 5.10 Å². The Hall–Kier alpha value is -1.98. The molecule has 2 aromatic rings. The van der Waals surface area contributed by atoms with Gasteiger partial charge in [0.25, 0.3) is 6.43 Å². The van der Waals surface area contributed by atoms with E-state index in [-0.39, 0.29) is 12.3 Å². The molecule has 4 nitrogen and oxygen atoms in total. The van der Waals surface area contributed by atoms with Gasteiger partial charge in [0.05, 0.1) is 17.7 Å². The van der Waals surface area contributed by atoms with E-state index in [0.717, 1.165) is 0 Å². The van der Waals surface area contributed by atoms with Gasteiger partial charge in [-0.1, -0.05) is 0 Å². The highest BCUT2D eigenvalue weighted by molar-refractivity contribution is 5.94. The van der Waals surface area contributed by atoms with Gasteiger partial charge in [-0.25, -0.2) is 13.6 Å². The number of hydrogen-bond acceptors (Lipinski definition) is 3. The highest BCUT2D eigenvalue weighted by Crippen LogP contribution is 2.25. The molecule has 17 heavy (non-hydrogen) atoms. The smallest absolute Gasteiger partial charge is 0.338 e. The largest absolute Gasteiger partial charge is 0.462 e. The molecule has 0 saturated heterocycles. The summed E-state index contributed by atoms with van der Waals surface area (Å²) >= 11 is 0. The molecule has 90 valence electrons. The summed E-state index contributed by atoms with van der Waals surface area (Å²) in [6.07, 6.45) is -2.62. The maximum absolute atomic E-state index is 12.5. The number of carbonyl (C=O) groups excluding carboxylic acids is 1. The second kappa shape index (κ2) is 4.48. The molecule has 1 aromatic heterocycles. The van der Waals surface area contributed by atoms with Crippen molar-refractivity contribution in [1.82, 2.24) is 10.2 Å². The quantitative estimate of drug-likeness (QED) is 0.839. The van der Waals surface area contributed by atoms with Crippen LogP contribution in [0.5, 0.6) is 0 Å². The topological polar surface area (TPSA) is 55.0 Å². The molecule has 2 rings (SSSR count). The summed E-state index contributed by atoms with van der Waals surface area (Å²) in [5.41, 5.74) is 0.382. The lowest BCUT2D eigenvalue weighted by Gasteiger charge is -2.01. The third-order valence-corrected chi connectivity index (χ3v) is 2.31. The molecular formula is C11H10F2N2O2. The number of halogens is 2. The second-order valence-electron chi connectivity index (χ2n) is 3.39. The Morgan fingerprint density at radius 3 is 2.94 bits per heavy atom. The van der Waals surface area contributed by atoms with Gasteiger partial charge in [-0.3, -0.25) is 5.10 Å². The van der Waals surface area contributed by atoms with E-state index in [1.54, 1.807) is 6.92 Å². The highest BCUT2D eigenvalue weighted by Gasteiger charge is 2.16. The van der Waals surface area contributed by atoms with E-state index in [2.05, 4.69) is 10.2 Å². The summed E-state index contributed by atoms with van der Waals surface area (Å²) in [5, 5.41) is 6.30. The fraction of sp³-hybridized carbons (Fsp3) is 0.273. The van der Waals surface area contributed by atoms with Gasteiger partial charge in [-0.05, 0) is 25.1 Å². The average Bonchev–Trinajstić information content (AvgIpc) is 2.71. The molecule has 0 amide bonds. The van der Waals surface area contributed by atoms with Crippen molar-refractivity contribution in [3.63, 3.8) is 0 Å². The molecule has 1 aromatic carbocycles. The highest BCUT2D eigenvalue weighted by atomic mass is 19.3. The van der Waals surface area contributed by atoms with Crippen LogP contribution in [0.15, 0.2) is 18.2 Å². The number of fused-ring (bicyclic) bond motifs is 1. The molecule has 1 heterocycles. The number of ether oxygens (including phenoxy) is 1. The van der Waals surface area contributed by atoms with Crippen molar-refractivity contribution in [3.05, 3.63) is 29.5 Å². The van der Waals surface area contributed by atoms with Crippen LogP contribution in [-0.4, -0.2) is 22.8 Å². The molecular weight excluding hydrogens is 230 g/mol. The number of nitrogens with one attached hydrogen (secondary N) is 1. The van der Waals surface area contributed by atoms with Crippen molar-refractivity contribution in [2.24, 2.45) is 0 Å². The number of hydrogen-bond donors (Lipinski definition) is 1. The fourth-order valence-electron chi connectivity index (χ4n) is 1.54. The molecule has 0 aliphatic heterocycles. The first kappa shape index (κ1) is 11.5. The first-order valence-electron chi connectivity index (χ1n) is 5.06. The van der Waals surface area contributed by atoms with Crippen molar-refractivity contribution < 1.29 is 18.3 Å². The zero-order chi connectivity index (χ0) is 12.4. The van der Waals surface area contributed by atoms with Crippen LogP contribution >= 0.6 is 0 Å². The summed E-state index contributed by atoms with van der Waals surface area (Å²) in [4.78, 5) is 11.4. The molecule has 0 saturated carbocycles. The Balaban J connectivity index is 2.42. The van der Waals surface area contributed by atoms with Gasteiger partial charge >= 0.3 is 5.97 Å². The Bertz CT molecular complexity index is 551. The van der Waals surface area contributed by atoms with E-state index < -0.39 is 12.4 Å². The molecule has 0 aliphatic rings. The SMILES string of the molecule is CCOC(=O)c1ccc2c(C(F)F)[nH]nc2c1. The minimum atomic E-state index is -2.62. The lowest BCUT2D eigenvalue weighted by atomic mass is 10.1. The summed E-state index contributed by atoms with van der Waals surface area (Å²) in [6, 6.07) is 4.31. The van der Waals surface area contributed by atoms with Crippen LogP contribution in [0.25, 0.3) is 10.9 Å². The van der Waals surface area contributed by atoms with Crippen molar-refractivity contribution in [2.75, 3.05) is 6.61 Å². The lowest BCUT2D eigenvalue weighted by Crippen LogP contribution is -2.04. The number of aromatic nitrogens is 2. The third kappa shape index (κ3) is 2.11. The van der Waals surface area contributed by atoms with Crippen LogP contribution in [0.1, 0.15) is 29.4 Å². The number of nitrogens with zero attached hydrogens (tertiary/aromatic N) is 1. The first-order valence-corrected chi connectivity index (χ1v) is 5.06. The van der Waals surface area contributed by atoms with E-state index in [4.69, 9.17) is 4.74 Å². The van der Waals surface area contributed by atoms with E-state index >= 15 is 0 Å². The van der Waals surface area contributed by atoms with Gasteiger partial charge in [-0.15, -0.1) is 0 Å². The molecule has 0 unspecified atom stereocenters. The second-order valence-corrected chi connectivity index (χ2v) is 3.39. The van der Waals surface area contributed by atoms with Crippen molar-refractivity contribution >= 4 is 16.9 Å². The minimum Gasteiger partial charge on any atom is -0.462 e. The molecule has 0 spiro atoms. The van der Waals surface area contributed by atoms with Crippen LogP contribution in [-0.2, 0) is 4.74 Å². The summed E-state index contributed by atoms with van der Waals surface area (Å²) < 4.78 is 29.9. The normalized spacial score (nSPS) is 11.1. The third-order valence-electron chi connectivity index (χ3n) is 2.31. The van der Waals surface area contributed by atoms with Crippen LogP contribution in [0.3, 0.4) is 0 Å². The van der Waals surface area contributed by atoms with Crippen LogP contribution in [0.2, 0.25) is 0 Å². The molecule has 0 aliphatic carbocycles. The van der Waals surface area contributed by atoms with E-state index in [0.29, 0.717) is 16.5 Å². The van der Waals surface area contributed by atoms with Crippen LogP contribution in [0.4, 0.5) is 8.78 Å². The van der Waals surface area contributed by atoms with Gasteiger partial charge in [0, 0.05) is 5.39 Å². The van der Waals surface area contributed by atoms with E-state index in [9.17, 15) is 13.6 Å². The first-order chi connectivity index (χ1) is 8.13. The van der Waals surface area contributed by atoms with Crippen molar-refractivity contribution in [3.8, 4) is 0 Å². The van der Waals surface area contributed by atoms with Gasteiger partial charge in [0.15, 0.2) is 0 Å². The Morgan fingerprint density at radius 2 is 2.29 bits per heavy atom. The summed E-state index contributed by atoms with van der Waals surface area (Å²) in [6.45, 7) is 1.96. The predicted octanol–water partition coefficient (Wildman–Crippen LogP) is 2.68. The number of rotatable bonds is 3. The lowest BCUT2D eigenvalue weighted by molar-refractivity contribution is 0.0526. The molecule has 0 radical (unpaired) electrons. The van der Waals surface area contributed by atoms with E-state index in [1.807, 2.05) is 0 Å². The molecule has 0 fully saturated rings. The van der Waals surface area contributed by atoms with Crippen molar-refractivity contribution in [1.29, 1.82) is 0 Å². The molecule has 0 atom stereocenters. The predicted molar refractivity (Wildman–Crippen MR) is 57.0 cm³/mol. The Labute approximate surface area is 95.6 Å². The van der Waals surface area contributed by atoms with Gasteiger partial charge in [0.2, 0.25) is 0 Å². The zero-order valence-electron chi connectivity index (χ0n) is 9.04. The van der Waals surface area contributed by atoms with Crippen molar-refractivity contribution in [2.45, 2.75) is 13.3 Å². The summed E-state index contributed by atoms with van der Waals surface area (Å²) in [5.74, 6) is -0.490. The van der Waals surface area contributed by atoms with E-state index in [1.165, 1.54) is 18.2 Å². The van der Waals surface area contributed by atoms with Crippen LogP contribution in [0, 0.1) is 0 Å². The van der Waals surface area contributed by atoms with Gasteiger partial charge in [0.1, 0.15) is 5.69 Å². The molecule has 6 heteroatoms. The maximum Gasteiger partial charge on any atom is 0.338 e. The minimum absolute atomic E-state index is 0.240. The number of carbonyl (C=O) groups is 1. The average molecular weight is 240 g/mol. The monoisotopic (exact) mass is 240 g/mol. The molecule has 0 bridgehead atoms. The number of benzene rings is 1. The number of esters is 1. The maximum atomic E-state index is 12.5. The molecule has 1 N–H and O–H groups in total. The van der Waals surface area contributed by atoms with Gasteiger partial charge < -0.3 is 4.74 Å². The number of alkyl halides is 2. The Kier molecular flexibility index (Phi) is 3.03.